The minimum absolute atomic E-state index is 0.00701. The fourth-order valence-electron chi connectivity index (χ4n) is 6.93. The lowest BCUT2D eigenvalue weighted by Crippen LogP contribution is -2.65. The summed E-state index contributed by atoms with van der Waals surface area (Å²) in [5.41, 5.74) is 2.04. The molecule has 1 unspecified atom stereocenters. The summed E-state index contributed by atoms with van der Waals surface area (Å²) < 4.78 is 39.2. The van der Waals surface area contributed by atoms with Gasteiger partial charge in [0.15, 0.2) is 11.4 Å². The topological polar surface area (TPSA) is 177 Å². The van der Waals surface area contributed by atoms with E-state index in [9.17, 15) is 48.0 Å². The Morgan fingerprint density at radius 3 is 2.36 bits per heavy atom. The molecule has 7 N–H and O–H groups in total. The predicted octanol–water partition coefficient (Wildman–Crippen LogP) is 1.90. The third kappa shape index (κ3) is 4.54. The molecule has 11 nitrogen and oxygen atoms in total. The number of hydrogen-bond donors (Lipinski definition) is 6. The highest BCUT2D eigenvalue weighted by Gasteiger charge is 2.64. The SMILES string of the molecule is CN(C)c1cc(CNC2=CC(C(F)(F)F)=CC2)c(O)c2c1C[C@@H]1C[C@@H]3C(N(C)C)C(=O)C(C(N)=O)=C(O)[C@]3(O)C(=O)C1=C2O. The molecule has 4 atom stereocenters. The van der Waals surface area contributed by atoms with Crippen LogP contribution in [0.5, 0.6) is 5.75 Å². The van der Waals surface area contributed by atoms with Crippen LogP contribution in [0.3, 0.4) is 0 Å². The number of rotatable bonds is 6. The van der Waals surface area contributed by atoms with E-state index in [0.29, 0.717) is 11.3 Å². The minimum atomic E-state index is -4.50. The van der Waals surface area contributed by atoms with Crippen molar-refractivity contribution in [1.29, 1.82) is 0 Å². The van der Waals surface area contributed by atoms with Crippen molar-refractivity contribution in [3.05, 3.63) is 63.1 Å². The first kappa shape index (κ1) is 31.1. The second kappa shape index (κ2) is 10.4. The number of Topliss-reactive ketones (excluding diaryl/α,β-unsaturated/α-hetero) is 2. The number of aromatic hydroxyl groups is 1. The van der Waals surface area contributed by atoms with Crippen molar-refractivity contribution >= 4 is 28.9 Å². The first-order valence-corrected chi connectivity index (χ1v) is 13.8. The number of phenolic OH excluding ortho intramolecular Hbond substituents is 1. The molecule has 0 saturated heterocycles. The normalized spacial score (nSPS) is 26.7. The minimum Gasteiger partial charge on any atom is -0.508 e. The molecule has 1 aromatic rings. The van der Waals surface area contributed by atoms with Crippen molar-refractivity contribution < 1.29 is 48.0 Å². The van der Waals surface area contributed by atoms with Crippen LogP contribution in [0.4, 0.5) is 18.9 Å². The van der Waals surface area contributed by atoms with Crippen LogP contribution in [0, 0.1) is 11.8 Å². The Morgan fingerprint density at radius 2 is 1.82 bits per heavy atom. The molecular weight excluding hydrogens is 585 g/mol. The first-order chi connectivity index (χ1) is 20.4. The number of alkyl halides is 3. The summed E-state index contributed by atoms with van der Waals surface area (Å²) in [6.07, 6.45) is -2.43. The van der Waals surface area contributed by atoms with Gasteiger partial charge in [0.2, 0.25) is 5.78 Å². The highest BCUT2D eigenvalue weighted by atomic mass is 19.4. The van der Waals surface area contributed by atoms with Crippen LogP contribution in [0.25, 0.3) is 5.76 Å². The molecule has 1 aromatic carbocycles. The van der Waals surface area contributed by atoms with E-state index in [1.807, 2.05) is 0 Å². The van der Waals surface area contributed by atoms with E-state index in [1.165, 1.54) is 19.0 Å². The lowest BCUT2D eigenvalue weighted by molar-refractivity contribution is -0.153. The molecule has 0 radical (unpaired) electrons. The number of aliphatic hydroxyl groups is 3. The number of likely N-dealkylation sites (N-methyl/N-ethyl adjacent to an activating group) is 1. The van der Waals surface area contributed by atoms with Gasteiger partial charge in [0.25, 0.3) is 5.91 Å². The van der Waals surface area contributed by atoms with Crippen LogP contribution >= 0.6 is 0 Å². The Kier molecular flexibility index (Phi) is 7.36. The molecule has 4 aliphatic rings. The highest BCUT2D eigenvalue weighted by molar-refractivity contribution is 6.24. The quantitative estimate of drug-likeness (QED) is 0.258. The Labute approximate surface area is 250 Å². The Bertz CT molecular complexity index is 1620. The third-order valence-corrected chi connectivity index (χ3v) is 8.96. The van der Waals surface area contributed by atoms with Crippen LogP contribution < -0.4 is 16.0 Å². The largest absolute Gasteiger partial charge is 0.508 e. The molecule has 4 aliphatic carbocycles. The predicted molar refractivity (Wildman–Crippen MR) is 152 cm³/mol. The molecule has 0 aliphatic heterocycles. The molecule has 0 heterocycles. The summed E-state index contributed by atoms with van der Waals surface area (Å²) in [5, 5.41) is 48.6. The van der Waals surface area contributed by atoms with Gasteiger partial charge in [-0.05, 0) is 50.6 Å². The number of hydrogen-bond acceptors (Lipinski definition) is 10. The number of nitrogens with one attached hydrogen (secondary N) is 1. The van der Waals surface area contributed by atoms with Crippen LogP contribution in [-0.4, -0.2) is 88.8 Å². The molecule has 0 bridgehead atoms. The fourth-order valence-corrected chi connectivity index (χ4v) is 6.93. The number of anilines is 1. The van der Waals surface area contributed by atoms with Gasteiger partial charge in [0.1, 0.15) is 22.8 Å². The van der Waals surface area contributed by atoms with Gasteiger partial charge < -0.3 is 36.4 Å². The van der Waals surface area contributed by atoms with E-state index in [0.717, 1.165) is 12.2 Å². The lowest BCUT2D eigenvalue weighted by atomic mass is 9.57. The number of ketones is 2. The van der Waals surface area contributed by atoms with Gasteiger partial charge in [-0.15, -0.1) is 0 Å². The molecule has 0 aromatic heterocycles. The monoisotopic (exact) mass is 618 g/mol. The van der Waals surface area contributed by atoms with Crippen LogP contribution in [0.2, 0.25) is 0 Å². The van der Waals surface area contributed by atoms with E-state index in [1.54, 1.807) is 25.1 Å². The molecule has 5 rings (SSSR count). The van der Waals surface area contributed by atoms with Crippen molar-refractivity contribution in [2.75, 3.05) is 33.1 Å². The number of fused-ring (bicyclic) bond motifs is 3. The van der Waals surface area contributed by atoms with E-state index in [-0.39, 0.29) is 48.2 Å². The fraction of sp³-hybridized carbons (Fsp3) is 0.433. The molecule has 14 heteroatoms. The van der Waals surface area contributed by atoms with Gasteiger partial charge in [-0.2, -0.15) is 13.2 Å². The summed E-state index contributed by atoms with van der Waals surface area (Å²) in [5.74, 6) is -7.48. The van der Waals surface area contributed by atoms with E-state index < -0.39 is 75.5 Å². The summed E-state index contributed by atoms with van der Waals surface area (Å²) in [4.78, 5) is 42.6. The summed E-state index contributed by atoms with van der Waals surface area (Å²) >= 11 is 0. The second-order valence-corrected chi connectivity index (χ2v) is 12.0. The number of amides is 1. The van der Waals surface area contributed by atoms with Gasteiger partial charge >= 0.3 is 6.18 Å². The first-order valence-electron chi connectivity index (χ1n) is 13.8. The number of halogens is 3. The Morgan fingerprint density at radius 1 is 1.16 bits per heavy atom. The molecule has 1 saturated carbocycles. The van der Waals surface area contributed by atoms with Gasteiger partial charge in [-0.25, -0.2) is 0 Å². The van der Waals surface area contributed by atoms with E-state index in [2.05, 4.69) is 5.32 Å². The number of benzene rings is 1. The summed E-state index contributed by atoms with van der Waals surface area (Å²) in [7, 11) is 6.49. The Hall–Kier alpha value is -4.30. The maximum absolute atomic E-state index is 14.1. The zero-order chi connectivity index (χ0) is 32.6. The number of nitrogens with zero attached hydrogens (tertiary/aromatic N) is 2. The maximum Gasteiger partial charge on any atom is 0.416 e. The zero-order valence-electron chi connectivity index (χ0n) is 24.4. The standard InChI is InChI=1S/C30H33F3N4O7/c1-36(2)18-9-13(11-35-15-6-5-14(10-15)30(31,32)33)23(38)20-16(18)7-12-8-17-22(37(3)4)25(40)21(28(34)43)27(42)29(17,44)26(41)19(12)24(20)39/h5,9-10,12,17,22,35,38-39,42,44H,6-8,11H2,1-4H3,(H2,34,43)/t12-,17-,22?,29-/m1/s1. The number of nitrogens with two attached hydrogens (primary N) is 1. The van der Waals surface area contributed by atoms with Crippen LogP contribution in [0.15, 0.2) is 46.4 Å². The van der Waals surface area contributed by atoms with Crippen LogP contribution in [0.1, 0.15) is 29.5 Å². The van der Waals surface area contributed by atoms with Gasteiger partial charge in [0.05, 0.1) is 17.2 Å². The number of aliphatic hydroxyl groups excluding tert-OH is 2. The summed E-state index contributed by atoms with van der Waals surface area (Å²) in [6.45, 7) is -0.116. The average Bonchev–Trinajstić information content (AvgIpc) is 3.39. The molecule has 1 amide bonds. The molecular formula is C30H33F3N4O7. The van der Waals surface area contributed by atoms with Gasteiger partial charge in [-0.3, -0.25) is 19.3 Å². The number of carbonyl (C=O) groups is 3. The van der Waals surface area contributed by atoms with Crippen molar-refractivity contribution in [2.45, 2.75) is 43.6 Å². The van der Waals surface area contributed by atoms with E-state index >= 15 is 0 Å². The number of carbonyl (C=O) groups excluding carboxylic acids is 3. The zero-order valence-corrected chi connectivity index (χ0v) is 24.4. The average molecular weight is 619 g/mol. The number of phenols is 1. The van der Waals surface area contributed by atoms with Gasteiger partial charge in [-0.1, -0.05) is 6.08 Å². The second-order valence-electron chi connectivity index (χ2n) is 12.0. The number of primary amides is 1. The Balaban J connectivity index is 1.61. The lowest BCUT2D eigenvalue weighted by Gasteiger charge is -2.50. The van der Waals surface area contributed by atoms with Crippen molar-refractivity contribution in [1.82, 2.24) is 10.2 Å². The highest BCUT2D eigenvalue weighted by Crippen LogP contribution is 2.54. The van der Waals surface area contributed by atoms with Crippen LogP contribution in [-0.2, 0) is 27.3 Å². The molecule has 44 heavy (non-hydrogen) atoms. The van der Waals surface area contributed by atoms with Crippen molar-refractivity contribution in [3.8, 4) is 5.75 Å². The molecule has 236 valence electrons. The van der Waals surface area contributed by atoms with Crippen molar-refractivity contribution in [3.63, 3.8) is 0 Å². The van der Waals surface area contributed by atoms with Gasteiger partial charge in [0, 0.05) is 55.5 Å². The molecule has 1 fully saturated rings. The smallest absolute Gasteiger partial charge is 0.416 e. The summed E-state index contributed by atoms with van der Waals surface area (Å²) in [6, 6.07) is 0.439. The van der Waals surface area contributed by atoms with Crippen molar-refractivity contribution in [2.24, 2.45) is 17.6 Å². The maximum atomic E-state index is 14.1. The number of allylic oxidation sites excluding steroid dienone is 3. The third-order valence-electron chi connectivity index (χ3n) is 8.96. The van der Waals surface area contributed by atoms with E-state index in [4.69, 9.17) is 5.73 Å². The molecule has 0 spiro atoms.